The Labute approximate surface area is 238 Å². The molecule has 0 atom stereocenters. The Balaban J connectivity index is 1.35. The van der Waals surface area contributed by atoms with Crippen LogP contribution in [0.2, 0.25) is 0 Å². The highest BCUT2D eigenvalue weighted by Gasteiger charge is 2.32. The largest absolute Gasteiger partial charge is 0.416 e. The maximum absolute atomic E-state index is 13.8. The standard InChI is InChI=1S/C29H26F3N9O/c1-17-14-40(16-37-17)22-11-19(10-20(12-22)29(30,31)32)27(42)39-23-4-3-5-24(18(23)2)41(28-33-8-9-34-28)26-13-25(35-15-36-26)38-21-6-7-21/h3-5,8-16,21H,6-7H2,1-2H3,(H,33,34)(H,39,42)(H,35,36,38). The van der Waals surface area contributed by atoms with Crippen LogP contribution in [0.4, 0.5) is 42.1 Å². The first-order valence-electron chi connectivity index (χ1n) is 13.2. The summed E-state index contributed by atoms with van der Waals surface area (Å²) < 4.78 is 42.8. The zero-order valence-electron chi connectivity index (χ0n) is 22.6. The van der Waals surface area contributed by atoms with Crippen molar-refractivity contribution in [1.29, 1.82) is 0 Å². The zero-order valence-corrected chi connectivity index (χ0v) is 22.6. The topological polar surface area (TPSA) is 117 Å². The van der Waals surface area contributed by atoms with Crippen molar-refractivity contribution in [2.24, 2.45) is 0 Å². The van der Waals surface area contributed by atoms with Crippen LogP contribution in [0.1, 0.15) is 40.0 Å². The number of anilines is 5. The summed E-state index contributed by atoms with van der Waals surface area (Å²) in [4.78, 5) is 35.6. The second kappa shape index (κ2) is 10.7. The number of benzene rings is 2. The van der Waals surface area contributed by atoms with Crippen molar-refractivity contribution >= 4 is 34.9 Å². The average molecular weight is 574 g/mol. The molecule has 1 saturated carbocycles. The molecule has 3 heterocycles. The van der Waals surface area contributed by atoms with Gasteiger partial charge in [0.1, 0.15) is 18.0 Å². The van der Waals surface area contributed by atoms with Gasteiger partial charge in [-0.3, -0.25) is 9.69 Å². The van der Waals surface area contributed by atoms with E-state index in [9.17, 15) is 18.0 Å². The van der Waals surface area contributed by atoms with Gasteiger partial charge in [-0.05, 0) is 62.6 Å². The number of halogens is 3. The highest BCUT2D eigenvalue weighted by molar-refractivity contribution is 6.05. The van der Waals surface area contributed by atoms with Crippen LogP contribution in [0.25, 0.3) is 5.69 Å². The minimum atomic E-state index is -4.65. The van der Waals surface area contributed by atoms with E-state index in [1.54, 1.807) is 49.5 Å². The molecule has 3 aromatic heterocycles. The van der Waals surface area contributed by atoms with Gasteiger partial charge in [0.05, 0.1) is 23.3 Å². The summed E-state index contributed by atoms with van der Waals surface area (Å²) in [7, 11) is 0. The number of hydrogen-bond donors (Lipinski definition) is 3. The molecule has 1 aliphatic carbocycles. The molecule has 1 fully saturated rings. The lowest BCUT2D eigenvalue weighted by Gasteiger charge is -2.24. The molecule has 10 nitrogen and oxygen atoms in total. The number of rotatable bonds is 8. The third kappa shape index (κ3) is 5.66. The van der Waals surface area contributed by atoms with Crippen molar-refractivity contribution in [2.45, 2.75) is 38.9 Å². The number of hydrogen-bond acceptors (Lipinski definition) is 7. The van der Waals surface area contributed by atoms with Gasteiger partial charge < -0.3 is 20.2 Å². The first-order valence-corrected chi connectivity index (χ1v) is 13.2. The van der Waals surface area contributed by atoms with Crippen LogP contribution in [0.3, 0.4) is 0 Å². The molecule has 0 unspecified atom stereocenters. The predicted octanol–water partition coefficient (Wildman–Crippen LogP) is 6.32. The Morgan fingerprint density at radius 2 is 1.90 bits per heavy atom. The molecule has 0 bridgehead atoms. The van der Waals surface area contributed by atoms with Gasteiger partial charge >= 0.3 is 6.18 Å². The molecule has 13 heteroatoms. The fraction of sp³-hybridized carbons (Fsp3) is 0.207. The van der Waals surface area contributed by atoms with E-state index in [2.05, 4.69) is 35.6 Å². The summed E-state index contributed by atoms with van der Waals surface area (Å²) >= 11 is 0. The van der Waals surface area contributed by atoms with Crippen LogP contribution in [-0.2, 0) is 6.18 Å². The average Bonchev–Trinajstić information content (AvgIpc) is 3.40. The van der Waals surface area contributed by atoms with Crippen LogP contribution in [0.15, 0.2) is 73.7 Å². The van der Waals surface area contributed by atoms with Crippen LogP contribution >= 0.6 is 0 Å². The van der Waals surface area contributed by atoms with Crippen molar-refractivity contribution in [3.05, 3.63) is 96.1 Å². The third-order valence-electron chi connectivity index (χ3n) is 6.82. The number of aromatic amines is 1. The monoisotopic (exact) mass is 573 g/mol. The molecular formula is C29H26F3N9O. The Morgan fingerprint density at radius 3 is 2.60 bits per heavy atom. The summed E-state index contributed by atoms with van der Waals surface area (Å²) in [5.41, 5.74) is 1.43. The second-order valence-corrected chi connectivity index (χ2v) is 10.0. The molecule has 6 rings (SSSR count). The van der Waals surface area contributed by atoms with Gasteiger partial charge in [0.15, 0.2) is 0 Å². The predicted molar refractivity (Wildman–Crippen MR) is 151 cm³/mol. The molecule has 0 spiro atoms. The lowest BCUT2D eigenvalue weighted by Crippen LogP contribution is -2.18. The van der Waals surface area contributed by atoms with Crippen molar-refractivity contribution in [3.63, 3.8) is 0 Å². The minimum absolute atomic E-state index is 0.148. The SMILES string of the molecule is Cc1cn(-c2cc(C(=O)Nc3cccc(N(c4cc(NC5CC5)ncn4)c4ncc[nH]4)c3C)cc(C(F)(F)F)c2)cn1. The van der Waals surface area contributed by atoms with Crippen LogP contribution in [-0.4, -0.2) is 41.4 Å². The molecule has 0 radical (unpaired) electrons. The Bertz CT molecular complexity index is 1740. The summed E-state index contributed by atoms with van der Waals surface area (Å²) in [5, 5.41) is 6.15. The van der Waals surface area contributed by atoms with Gasteiger partial charge in [0.2, 0.25) is 5.95 Å². The van der Waals surface area contributed by atoms with Gasteiger partial charge in [0, 0.05) is 47.6 Å². The Hall–Kier alpha value is -5.20. The minimum Gasteiger partial charge on any atom is -0.367 e. The number of amides is 1. The van der Waals surface area contributed by atoms with Crippen molar-refractivity contribution in [3.8, 4) is 5.69 Å². The number of carbonyl (C=O) groups excluding carboxylic acids is 1. The fourth-order valence-corrected chi connectivity index (χ4v) is 4.52. The van der Waals surface area contributed by atoms with Gasteiger partial charge in [0.25, 0.3) is 5.91 Å². The van der Waals surface area contributed by atoms with Crippen molar-refractivity contribution < 1.29 is 18.0 Å². The van der Waals surface area contributed by atoms with Crippen molar-refractivity contribution in [1.82, 2.24) is 29.5 Å². The van der Waals surface area contributed by atoms with Gasteiger partial charge in [-0.2, -0.15) is 13.2 Å². The highest BCUT2D eigenvalue weighted by atomic mass is 19.4. The highest BCUT2D eigenvalue weighted by Crippen LogP contribution is 2.37. The third-order valence-corrected chi connectivity index (χ3v) is 6.82. The number of H-pyrrole nitrogens is 1. The van der Waals surface area contributed by atoms with Crippen LogP contribution in [0.5, 0.6) is 0 Å². The van der Waals surface area contributed by atoms with E-state index in [0.29, 0.717) is 46.3 Å². The molecule has 3 N–H and O–H groups in total. The van der Waals surface area contributed by atoms with Crippen LogP contribution in [0, 0.1) is 13.8 Å². The number of nitrogens with one attached hydrogen (secondary N) is 3. The fourth-order valence-electron chi connectivity index (χ4n) is 4.52. The molecule has 0 saturated heterocycles. The molecule has 214 valence electrons. The first kappa shape index (κ1) is 27.0. The molecule has 1 amide bonds. The van der Waals surface area contributed by atoms with E-state index in [4.69, 9.17) is 0 Å². The van der Waals surface area contributed by atoms with Crippen LogP contribution < -0.4 is 15.5 Å². The van der Waals surface area contributed by atoms with Gasteiger partial charge in [-0.15, -0.1) is 0 Å². The number of nitrogens with zero attached hydrogens (tertiary/aromatic N) is 6. The van der Waals surface area contributed by atoms with E-state index in [0.717, 1.165) is 25.0 Å². The number of carbonyl (C=O) groups is 1. The van der Waals surface area contributed by atoms with E-state index >= 15 is 0 Å². The quantitative estimate of drug-likeness (QED) is 0.199. The molecule has 42 heavy (non-hydrogen) atoms. The lowest BCUT2D eigenvalue weighted by atomic mass is 10.1. The number of imidazole rings is 2. The zero-order chi connectivity index (χ0) is 29.4. The number of aryl methyl sites for hydroxylation is 1. The summed E-state index contributed by atoms with van der Waals surface area (Å²) in [5.74, 6) is 1.00. The number of alkyl halides is 3. The van der Waals surface area contributed by atoms with Crippen molar-refractivity contribution in [2.75, 3.05) is 15.5 Å². The maximum atomic E-state index is 13.8. The summed E-state index contributed by atoms with van der Waals surface area (Å²) in [6, 6.07) is 10.7. The molecule has 1 aliphatic rings. The Morgan fingerprint density at radius 1 is 1.07 bits per heavy atom. The lowest BCUT2D eigenvalue weighted by molar-refractivity contribution is -0.137. The normalized spacial score (nSPS) is 13.2. The molecular weight excluding hydrogens is 547 g/mol. The van der Waals surface area contributed by atoms with E-state index in [1.807, 2.05) is 12.1 Å². The van der Waals surface area contributed by atoms with E-state index < -0.39 is 17.6 Å². The van der Waals surface area contributed by atoms with E-state index in [1.165, 1.54) is 23.3 Å². The van der Waals surface area contributed by atoms with Gasteiger partial charge in [-0.25, -0.2) is 19.9 Å². The molecule has 2 aromatic carbocycles. The van der Waals surface area contributed by atoms with E-state index in [-0.39, 0.29) is 11.3 Å². The number of aromatic nitrogens is 6. The second-order valence-electron chi connectivity index (χ2n) is 10.0. The van der Waals surface area contributed by atoms with Gasteiger partial charge in [-0.1, -0.05) is 6.07 Å². The maximum Gasteiger partial charge on any atom is 0.416 e. The first-order chi connectivity index (χ1) is 20.2. The summed E-state index contributed by atoms with van der Waals surface area (Å²) in [6.07, 6.45) is 5.26. The Kier molecular flexibility index (Phi) is 6.85. The smallest absolute Gasteiger partial charge is 0.367 e. The molecule has 5 aromatic rings. The summed E-state index contributed by atoms with van der Waals surface area (Å²) in [6.45, 7) is 3.53. The molecule has 0 aliphatic heterocycles.